The minimum absolute atomic E-state index is 0.344. The number of benzene rings is 1. The molecule has 1 aromatic rings. The summed E-state index contributed by atoms with van der Waals surface area (Å²) in [7, 11) is 0. The van der Waals surface area contributed by atoms with Crippen molar-refractivity contribution < 1.29 is 4.39 Å². The van der Waals surface area contributed by atoms with Crippen molar-refractivity contribution in [3.63, 3.8) is 0 Å². The second-order valence-electron chi connectivity index (χ2n) is 4.25. The van der Waals surface area contributed by atoms with E-state index in [1.165, 1.54) is 24.8 Å². The fourth-order valence-corrected chi connectivity index (χ4v) is 2.25. The van der Waals surface area contributed by atoms with Crippen LogP contribution in [0.5, 0.6) is 0 Å². The zero-order valence-corrected chi connectivity index (χ0v) is 9.01. The smallest absolute Gasteiger partial charge is 0.115 e. The minimum Gasteiger partial charge on any atom is -0.314 e. The van der Waals surface area contributed by atoms with Crippen molar-refractivity contribution in [2.24, 2.45) is 0 Å². The number of alkyl halides is 1. The number of hydrogen-bond acceptors (Lipinski definition) is 1. The molecule has 1 aliphatic rings. The lowest BCUT2D eigenvalue weighted by atomic mass is 9.95. The highest BCUT2D eigenvalue weighted by molar-refractivity contribution is 5.27. The summed E-state index contributed by atoms with van der Waals surface area (Å²) in [6.45, 7) is 0.769. The van der Waals surface area contributed by atoms with E-state index in [2.05, 4.69) is 5.32 Å². The molecule has 1 nitrogen and oxygen atoms in total. The van der Waals surface area contributed by atoms with Crippen LogP contribution in [0.2, 0.25) is 0 Å². The third-order valence-corrected chi connectivity index (χ3v) is 3.14. The Hall–Kier alpha value is -0.890. The molecule has 1 fully saturated rings. The van der Waals surface area contributed by atoms with Crippen LogP contribution in [0, 0.1) is 0 Å². The van der Waals surface area contributed by atoms with Crippen LogP contribution in [0.1, 0.15) is 30.4 Å². The van der Waals surface area contributed by atoms with Crippen molar-refractivity contribution in [1.82, 2.24) is 5.32 Å². The van der Waals surface area contributed by atoms with Crippen molar-refractivity contribution in [2.45, 2.75) is 38.4 Å². The number of hydrogen-bond donors (Lipinski definition) is 1. The van der Waals surface area contributed by atoms with Gasteiger partial charge in [0.1, 0.15) is 6.67 Å². The van der Waals surface area contributed by atoms with Crippen LogP contribution in [-0.2, 0) is 13.1 Å². The van der Waals surface area contributed by atoms with Gasteiger partial charge in [0.15, 0.2) is 0 Å². The molecule has 2 heteroatoms. The molecule has 1 saturated heterocycles. The van der Waals surface area contributed by atoms with Gasteiger partial charge in [-0.3, -0.25) is 0 Å². The van der Waals surface area contributed by atoms with Gasteiger partial charge < -0.3 is 5.32 Å². The molecule has 0 radical (unpaired) electrons. The summed E-state index contributed by atoms with van der Waals surface area (Å²) in [6, 6.07) is 8.39. The van der Waals surface area contributed by atoms with Gasteiger partial charge in [-0.2, -0.15) is 0 Å². The Balaban J connectivity index is 2.02. The monoisotopic (exact) mass is 207 g/mol. The summed E-state index contributed by atoms with van der Waals surface area (Å²) in [6.07, 6.45) is 4.78. The van der Waals surface area contributed by atoms with E-state index >= 15 is 0 Å². The number of halogens is 1. The highest BCUT2D eigenvalue weighted by Crippen LogP contribution is 2.16. The van der Waals surface area contributed by atoms with E-state index in [0.717, 1.165) is 18.5 Å². The lowest BCUT2D eigenvalue weighted by molar-refractivity contribution is 0.396. The summed E-state index contributed by atoms with van der Waals surface area (Å²) >= 11 is 0. The van der Waals surface area contributed by atoms with Gasteiger partial charge >= 0.3 is 0 Å². The quantitative estimate of drug-likeness (QED) is 0.803. The fraction of sp³-hybridized carbons (Fsp3) is 0.538. The van der Waals surface area contributed by atoms with Crippen LogP contribution in [0.25, 0.3) is 0 Å². The molecule has 0 bridgehead atoms. The highest BCUT2D eigenvalue weighted by Gasteiger charge is 2.14. The van der Waals surface area contributed by atoms with Crippen molar-refractivity contribution in [1.29, 1.82) is 0 Å². The minimum atomic E-state index is -0.344. The Bertz CT molecular complexity index is 305. The first kappa shape index (κ1) is 10.6. The topological polar surface area (TPSA) is 12.0 Å². The first-order valence-electron chi connectivity index (χ1n) is 5.76. The summed E-state index contributed by atoms with van der Waals surface area (Å²) in [5, 5.41) is 3.50. The van der Waals surface area contributed by atoms with Crippen LogP contribution in [-0.4, -0.2) is 12.6 Å². The fourth-order valence-electron chi connectivity index (χ4n) is 2.25. The lowest BCUT2D eigenvalue weighted by Gasteiger charge is -2.24. The Morgan fingerprint density at radius 2 is 2.00 bits per heavy atom. The molecular formula is C13H18FN. The summed E-state index contributed by atoms with van der Waals surface area (Å²) < 4.78 is 12.7. The lowest BCUT2D eigenvalue weighted by Crippen LogP contribution is -2.35. The molecule has 0 saturated carbocycles. The average Bonchev–Trinajstić information content (AvgIpc) is 2.31. The highest BCUT2D eigenvalue weighted by atomic mass is 19.1. The van der Waals surface area contributed by atoms with Gasteiger partial charge in [0.05, 0.1) is 0 Å². The van der Waals surface area contributed by atoms with Crippen LogP contribution in [0.4, 0.5) is 4.39 Å². The van der Waals surface area contributed by atoms with Gasteiger partial charge in [0, 0.05) is 6.04 Å². The molecule has 82 valence electrons. The molecule has 1 N–H and O–H groups in total. The molecule has 1 aromatic carbocycles. The number of piperidine rings is 1. The molecule has 2 rings (SSSR count). The summed E-state index contributed by atoms with van der Waals surface area (Å²) in [4.78, 5) is 0. The Labute approximate surface area is 90.7 Å². The Morgan fingerprint density at radius 3 is 2.67 bits per heavy atom. The summed E-state index contributed by atoms with van der Waals surface area (Å²) in [5.41, 5.74) is 2.02. The van der Waals surface area contributed by atoms with Gasteiger partial charge in [-0.05, 0) is 36.9 Å². The molecule has 15 heavy (non-hydrogen) atoms. The molecule has 1 atom stereocenters. The third-order valence-electron chi connectivity index (χ3n) is 3.14. The molecule has 0 amide bonds. The zero-order valence-electron chi connectivity index (χ0n) is 9.01. The van der Waals surface area contributed by atoms with E-state index in [-0.39, 0.29) is 6.67 Å². The SMILES string of the molecule is FCc1ccccc1CC1CCCCN1. The van der Waals surface area contributed by atoms with E-state index in [0.29, 0.717) is 6.04 Å². The largest absolute Gasteiger partial charge is 0.314 e. The number of rotatable bonds is 3. The van der Waals surface area contributed by atoms with Gasteiger partial charge in [0.25, 0.3) is 0 Å². The van der Waals surface area contributed by atoms with E-state index in [4.69, 9.17) is 0 Å². The molecule has 1 aliphatic heterocycles. The third kappa shape index (κ3) is 2.78. The predicted octanol–water partition coefficient (Wildman–Crippen LogP) is 2.84. The first-order valence-corrected chi connectivity index (χ1v) is 5.76. The standard InChI is InChI=1S/C13H18FN/c14-10-12-6-2-1-5-11(12)9-13-7-3-4-8-15-13/h1-2,5-6,13,15H,3-4,7-10H2. The van der Waals surface area contributed by atoms with Crippen molar-refractivity contribution in [2.75, 3.05) is 6.54 Å². The van der Waals surface area contributed by atoms with Gasteiger partial charge in [-0.1, -0.05) is 30.7 Å². The summed E-state index contributed by atoms with van der Waals surface area (Å²) in [5.74, 6) is 0. The van der Waals surface area contributed by atoms with Gasteiger partial charge in [-0.25, -0.2) is 4.39 Å². The first-order chi connectivity index (χ1) is 7.40. The maximum Gasteiger partial charge on any atom is 0.115 e. The molecule has 0 aliphatic carbocycles. The van der Waals surface area contributed by atoms with E-state index in [1.54, 1.807) is 0 Å². The average molecular weight is 207 g/mol. The maximum absolute atomic E-state index is 12.7. The number of nitrogens with one attached hydrogen (secondary N) is 1. The van der Waals surface area contributed by atoms with Gasteiger partial charge in [-0.15, -0.1) is 0 Å². The van der Waals surface area contributed by atoms with Crippen molar-refractivity contribution in [3.05, 3.63) is 35.4 Å². The van der Waals surface area contributed by atoms with Crippen molar-refractivity contribution in [3.8, 4) is 0 Å². The Morgan fingerprint density at radius 1 is 1.20 bits per heavy atom. The molecule has 1 heterocycles. The van der Waals surface area contributed by atoms with Gasteiger partial charge in [0.2, 0.25) is 0 Å². The van der Waals surface area contributed by atoms with E-state index < -0.39 is 0 Å². The van der Waals surface area contributed by atoms with Crippen LogP contribution >= 0.6 is 0 Å². The maximum atomic E-state index is 12.7. The molecule has 0 aromatic heterocycles. The Kier molecular flexibility index (Phi) is 3.73. The van der Waals surface area contributed by atoms with Crippen LogP contribution in [0.3, 0.4) is 0 Å². The predicted molar refractivity (Wildman–Crippen MR) is 60.6 cm³/mol. The second-order valence-corrected chi connectivity index (χ2v) is 4.25. The second kappa shape index (κ2) is 5.26. The van der Waals surface area contributed by atoms with Crippen LogP contribution in [0.15, 0.2) is 24.3 Å². The van der Waals surface area contributed by atoms with Crippen molar-refractivity contribution >= 4 is 0 Å². The van der Waals surface area contributed by atoms with E-state index in [9.17, 15) is 4.39 Å². The molecule has 0 spiro atoms. The van der Waals surface area contributed by atoms with Crippen LogP contribution < -0.4 is 5.32 Å². The molecule has 1 unspecified atom stereocenters. The normalized spacial score (nSPS) is 21.5. The zero-order chi connectivity index (χ0) is 10.5. The van der Waals surface area contributed by atoms with E-state index in [1.807, 2.05) is 24.3 Å². The molecular weight excluding hydrogens is 189 g/mol.